The Morgan fingerprint density at radius 1 is 1.30 bits per heavy atom. The second kappa shape index (κ2) is 8.10. The summed E-state index contributed by atoms with van der Waals surface area (Å²) in [7, 11) is 0. The summed E-state index contributed by atoms with van der Waals surface area (Å²) in [5, 5.41) is 3.86. The number of H-pyrrole nitrogens is 1. The van der Waals surface area contributed by atoms with Crippen LogP contribution in [-0.4, -0.2) is 27.8 Å². The van der Waals surface area contributed by atoms with Crippen LogP contribution in [0.3, 0.4) is 0 Å². The summed E-state index contributed by atoms with van der Waals surface area (Å²) in [6.45, 7) is 1.37. The van der Waals surface area contributed by atoms with Gasteiger partial charge in [0.05, 0.1) is 15.7 Å². The molecule has 0 atom stereocenters. The average Bonchev–Trinajstić information content (AvgIpc) is 2.96. The molecule has 0 aliphatic carbocycles. The summed E-state index contributed by atoms with van der Waals surface area (Å²) in [4.78, 5) is 17.3. The van der Waals surface area contributed by atoms with E-state index in [1.165, 1.54) is 4.52 Å². The highest BCUT2D eigenvalue weighted by molar-refractivity contribution is 6.42. The van der Waals surface area contributed by atoms with E-state index in [9.17, 15) is 4.79 Å². The predicted octanol–water partition coefficient (Wildman–Crippen LogP) is 3.82. The first-order valence-corrected chi connectivity index (χ1v) is 9.21. The third-order valence-electron chi connectivity index (χ3n) is 4.80. The van der Waals surface area contributed by atoms with Crippen molar-refractivity contribution >= 4 is 47.1 Å². The summed E-state index contributed by atoms with van der Waals surface area (Å²) in [6, 6.07) is 7.03. The molecule has 0 saturated carbocycles. The van der Waals surface area contributed by atoms with Crippen LogP contribution < -0.4 is 11.3 Å². The van der Waals surface area contributed by atoms with Crippen LogP contribution in [0.25, 0.3) is 5.65 Å². The highest BCUT2D eigenvalue weighted by Gasteiger charge is 2.21. The lowest BCUT2D eigenvalue weighted by molar-refractivity contribution is 0.0845. The minimum absolute atomic E-state index is 0. The van der Waals surface area contributed by atoms with Gasteiger partial charge in [0.15, 0.2) is 5.65 Å². The summed E-state index contributed by atoms with van der Waals surface area (Å²) in [5.41, 5.74) is 8.85. The Labute approximate surface area is 172 Å². The first-order chi connectivity index (χ1) is 12.5. The zero-order valence-electron chi connectivity index (χ0n) is 14.4. The molecular weight excluding hydrogens is 411 g/mol. The Morgan fingerprint density at radius 2 is 2.04 bits per heavy atom. The number of ether oxygens (including phenoxy) is 1. The number of nitrogens with zero attached hydrogens (tertiary/aromatic N) is 2. The van der Waals surface area contributed by atoms with E-state index >= 15 is 0 Å². The molecule has 6 nitrogen and oxygen atoms in total. The molecule has 0 bridgehead atoms. The van der Waals surface area contributed by atoms with Crippen LogP contribution in [0.2, 0.25) is 10.0 Å². The Kier molecular flexibility index (Phi) is 6.01. The number of anilines is 1. The Balaban J connectivity index is 0.00000210. The van der Waals surface area contributed by atoms with Crippen molar-refractivity contribution in [2.45, 2.75) is 25.2 Å². The van der Waals surface area contributed by atoms with Crippen LogP contribution in [0, 0.1) is 0 Å². The van der Waals surface area contributed by atoms with Crippen molar-refractivity contribution < 1.29 is 4.74 Å². The lowest BCUT2D eigenvalue weighted by Gasteiger charge is -2.21. The van der Waals surface area contributed by atoms with E-state index in [1.807, 2.05) is 12.1 Å². The standard InChI is InChI=1S/C18H18Cl2N4O2.ClH/c19-13-3-1-2-11(16(13)20)8-12-17(21)23-24-15(25)9-14(22-18(12)24)10-4-6-26-7-5-10;/h1-3,9-10,23H,4-8,21H2;1H. The molecule has 144 valence electrons. The first-order valence-electron chi connectivity index (χ1n) is 8.45. The highest BCUT2D eigenvalue weighted by atomic mass is 35.5. The van der Waals surface area contributed by atoms with Gasteiger partial charge in [0, 0.05) is 37.2 Å². The average molecular weight is 430 g/mol. The lowest BCUT2D eigenvalue weighted by Crippen LogP contribution is -2.21. The van der Waals surface area contributed by atoms with Crippen LogP contribution in [-0.2, 0) is 11.2 Å². The quantitative estimate of drug-likeness (QED) is 0.663. The molecule has 1 aliphatic heterocycles. The number of halogens is 3. The monoisotopic (exact) mass is 428 g/mol. The second-order valence-corrected chi connectivity index (χ2v) is 7.24. The van der Waals surface area contributed by atoms with E-state index in [1.54, 1.807) is 12.1 Å². The Morgan fingerprint density at radius 3 is 2.78 bits per heavy atom. The molecule has 0 radical (unpaired) electrons. The lowest BCUT2D eigenvalue weighted by atomic mass is 9.96. The van der Waals surface area contributed by atoms with E-state index in [0.29, 0.717) is 41.1 Å². The molecule has 0 unspecified atom stereocenters. The molecule has 1 saturated heterocycles. The molecule has 9 heteroatoms. The molecule has 3 aromatic rings. The van der Waals surface area contributed by atoms with Gasteiger partial charge < -0.3 is 10.5 Å². The fourth-order valence-electron chi connectivity index (χ4n) is 3.37. The summed E-state index contributed by atoms with van der Waals surface area (Å²) in [6.07, 6.45) is 2.15. The third kappa shape index (κ3) is 3.80. The van der Waals surface area contributed by atoms with Gasteiger partial charge >= 0.3 is 0 Å². The molecular formula is C18H19Cl3N4O2. The maximum Gasteiger partial charge on any atom is 0.272 e. The third-order valence-corrected chi connectivity index (χ3v) is 5.66. The van der Waals surface area contributed by atoms with Crippen molar-refractivity contribution in [1.82, 2.24) is 14.6 Å². The van der Waals surface area contributed by atoms with Crippen molar-refractivity contribution in [3.8, 4) is 0 Å². The molecule has 3 N–H and O–H groups in total. The first kappa shape index (κ1) is 20.0. The van der Waals surface area contributed by atoms with Gasteiger partial charge in [-0.25, -0.2) is 4.98 Å². The van der Waals surface area contributed by atoms with Crippen LogP contribution >= 0.6 is 35.6 Å². The Bertz CT molecular complexity index is 1030. The maximum absolute atomic E-state index is 12.5. The number of benzene rings is 1. The normalized spacial score (nSPS) is 15.0. The van der Waals surface area contributed by atoms with Crippen molar-refractivity contribution in [3.05, 3.63) is 61.5 Å². The van der Waals surface area contributed by atoms with Gasteiger partial charge in [-0.1, -0.05) is 35.3 Å². The molecule has 0 amide bonds. The van der Waals surface area contributed by atoms with Crippen molar-refractivity contribution in [2.24, 2.45) is 0 Å². The van der Waals surface area contributed by atoms with E-state index in [2.05, 4.69) is 5.10 Å². The highest BCUT2D eigenvalue weighted by Crippen LogP contribution is 2.30. The van der Waals surface area contributed by atoms with Gasteiger partial charge in [0.25, 0.3) is 5.56 Å². The number of aromatic amines is 1. The number of hydrogen-bond donors (Lipinski definition) is 2. The van der Waals surface area contributed by atoms with Gasteiger partial charge in [0.2, 0.25) is 0 Å². The topological polar surface area (TPSA) is 85.4 Å². The molecule has 1 aromatic carbocycles. The largest absolute Gasteiger partial charge is 0.384 e. The zero-order valence-corrected chi connectivity index (χ0v) is 16.7. The van der Waals surface area contributed by atoms with Crippen LogP contribution in [0.1, 0.15) is 35.6 Å². The number of hydrogen-bond acceptors (Lipinski definition) is 4. The van der Waals surface area contributed by atoms with E-state index in [-0.39, 0.29) is 23.9 Å². The second-order valence-electron chi connectivity index (χ2n) is 6.46. The van der Waals surface area contributed by atoms with Gasteiger partial charge in [0.1, 0.15) is 5.82 Å². The van der Waals surface area contributed by atoms with Crippen LogP contribution in [0.4, 0.5) is 5.82 Å². The van der Waals surface area contributed by atoms with Crippen LogP contribution in [0.15, 0.2) is 29.1 Å². The fourth-order valence-corrected chi connectivity index (χ4v) is 3.76. The number of rotatable bonds is 3. The van der Waals surface area contributed by atoms with Crippen molar-refractivity contribution in [1.29, 1.82) is 0 Å². The van der Waals surface area contributed by atoms with Gasteiger partial charge in [-0.15, -0.1) is 12.4 Å². The molecule has 1 fully saturated rings. The van der Waals surface area contributed by atoms with Crippen molar-refractivity contribution in [3.63, 3.8) is 0 Å². The molecule has 1 aliphatic rings. The zero-order chi connectivity index (χ0) is 18.3. The Hall–Kier alpha value is -1.73. The molecule has 27 heavy (non-hydrogen) atoms. The molecule has 0 spiro atoms. The number of nitrogens with one attached hydrogen (secondary N) is 1. The SMILES string of the molecule is Cl.Nc1[nH]n2c(=O)cc(C3CCOCC3)nc2c1Cc1cccc(Cl)c1Cl. The van der Waals surface area contributed by atoms with Crippen molar-refractivity contribution in [2.75, 3.05) is 18.9 Å². The number of nitrogens with two attached hydrogens (primary N) is 1. The maximum atomic E-state index is 12.5. The number of nitrogen functional groups attached to an aromatic ring is 1. The van der Waals surface area contributed by atoms with Gasteiger partial charge in [-0.05, 0) is 24.5 Å². The minimum Gasteiger partial charge on any atom is -0.384 e. The van der Waals surface area contributed by atoms with E-state index in [0.717, 1.165) is 29.7 Å². The summed E-state index contributed by atoms with van der Waals surface area (Å²) in [5.74, 6) is 0.620. The molecule has 2 aromatic heterocycles. The molecule has 3 heterocycles. The fraction of sp³-hybridized carbons (Fsp3) is 0.333. The van der Waals surface area contributed by atoms with E-state index in [4.69, 9.17) is 38.7 Å². The summed E-state index contributed by atoms with van der Waals surface area (Å²) >= 11 is 12.4. The number of fused-ring (bicyclic) bond motifs is 1. The minimum atomic E-state index is -0.174. The van der Waals surface area contributed by atoms with Gasteiger partial charge in [-0.2, -0.15) is 4.52 Å². The molecule has 4 rings (SSSR count). The number of aromatic nitrogens is 3. The van der Waals surface area contributed by atoms with E-state index < -0.39 is 0 Å². The summed E-state index contributed by atoms with van der Waals surface area (Å²) < 4.78 is 6.79. The van der Waals surface area contributed by atoms with Gasteiger partial charge in [-0.3, -0.25) is 9.89 Å². The smallest absolute Gasteiger partial charge is 0.272 e. The van der Waals surface area contributed by atoms with Crippen LogP contribution in [0.5, 0.6) is 0 Å². The predicted molar refractivity (Wildman–Crippen MR) is 110 cm³/mol.